The number of hydrogen-bond acceptors (Lipinski definition) is 2. The first-order valence-corrected chi connectivity index (χ1v) is 24.1. The molecule has 0 N–H and O–H groups in total. The van der Waals surface area contributed by atoms with Gasteiger partial charge in [-0.25, -0.2) is 0 Å². The second-order valence-corrected chi connectivity index (χ2v) is 19.7. The molecule has 0 radical (unpaired) electrons. The highest BCUT2D eigenvalue weighted by molar-refractivity contribution is 5.90. The molecule has 0 amide bonds. The van der Waals surface area contributed by atoms with Gasteiger partial charge in [0.25, 0.3) is 0 Å². The third-order valence-electron chi connectivity index (χ3n) is 15.0. The zero-order valence-corrected chi connectivity index (χ0v) is 39.2. The van der Waals surface area contributed by atoms with E-state index in [0.29, 0.717) is 0 Å². The van der Waals surface area contributed by atoms with Gasteiger partial charge in [0.05, 0.1) is 0 Å². The maximum absolute atomic E-state index is 2.45. The van der Waals surface area contributed by atoms with E-state index in [1.807, 2.05) is 0 Å². The summed E-state index contributed by atoms with van der Waals surface area (Å²) >= 11 is 0. The van der Waals surface area contributed by atoms with E-state index >= 15 is 0 Å². The van der Waals surface area contributed by atoms with Crippen molar-refractivity contribution in [2.45, 2.75) is 51.4 Å². The van der Waals surface area contributed by atoms with Gasteiger partial charge in [0.1, 0.15) is 0 Å². The summed E-state index contributed by atoms with van der Waals surface area (Å²) < 4.78 is 0. The molecule has 0 saturated heterocycles. The fourth-order valence-corrected chi connectivity index (χ4v) is 11.4. The van der Waals surface area contributed by atoms with Crippen LogP contribution in [0.25, 0.3) is 50.1 Å². The van der Waals surface area contributed by atoms with E-state index in [1.54, 1.807) is 5.57 Å². The van der Waals surface area contributed by atoms with Gasteiger partial charge >= 0.3 is 0 Å². The number of anilines is 6. The summed E-state index contributed by atoms with van der Waals surface area (Å²) in [7, 11) is 0. The summed E-state index contributed by atoms with van der Waals surface area (Å²) in [5.41, 5.74) is 25.0. The monoisotopic (exact) mass is 874 g/mol. The molecule has 0 atom stereocenters. The lowest BCUT2D eigenvalue weighted by Gasteiger charge is -2.29. The van der Waals surface area contributed by atoms with Gasteiger partial charge in [0.2, 0.25) is 0 Å². The Labute approximate surface area is 401 Å². The van der Waals surface area contributed by atoms with Crippen LogP contribution in [-0.2, 0) is 10.8 Å². The molecular weight excluding hydrogens is 821 g/mol. The van der Waals surface area contributed by atoms with Crippen molar-refractivity contribution in [1.29, 1.82) is 0 Å². The second kappa shape index (κ2) is 16.4. The van der Waals surface area contributed by atoms with E-state index < -0.39 is 0 Å². The molecule has 0 unspecified atom stereocenters. The van der Waals surface area contributed by atoms with Crippen LogP contribution in [0.5, 0.6) is 0 Å². The van der Waals surface area contributed by atoms with Crippen LogP contribution in [-0.4, -0.2) is 0 Å². The predicted octanol–water partition coefficient (Wildman–Crippen LogP) is 18.3. The lowest BCUT2D eigenvalue weighted by Crippen LogP contribution is -2.18. The first kappa shape index (κ1) is 41.5. The zero-order valence-electron chi connectivity index (χ0n) is 39.2. The highest BCUT2D eigenvalue weighted by Crippen LogP contribution is 2.53. The minimum atomic E-state index is -0.104. The summed E-state index contributed by atoms with van der Waals surface area (Å²) in [6.07, 6.45) is 6.92. The fourth-order valence-electron chi connectivity index (χ4n) is 11.4. The van der Waals surface area contributed by atoms with Crippen LogP contribution in [0, 0.1) is 0 Å². The van der Waals surface area contributed by atoms with Crippen LogP contribution in [0.2, 0.25) is 0 Å². The molecule has 3 aliphatic rings. The summed E-state index contributed by atoms with van der Waals surface area (Å²) in [6.45, 7) is 9.52. The molecule has 68 heavy (non-hydrogen) atoms. The third-order valence-corrected chi connectivity index (χ3v) is 15.0. The Kier molecular flexibility index (Phi) is 10.0. The van der Waals surface area contributed by atoms with Crippen molar-refractivity contribution < 1.29 is 0 Å². The van der Waals surface area contributed by atoms with E-state index in [2.05, 4.69) is 268 Å². The Morgan fingerprint density at radius 3 is 1.16 bits per heavy atom. The zero-order chi connectivity index (χ0) is 46.0. The third kappa shape index (κ3) is 7.02. The standard InChI is InChI=1S/C66H54N2/c1-65(2)61-21-13-11-19-57(61)59-41-39-55(43-63(59)65)67(51-31-23-47(24-32-51)45-15-7-5-8-16-45)53-35-27-49(28-36-53)50-29-37-54(38-30-50)68(52-33-25-48(26-34-52)46-17-9-6-10-18-46)56-40-42-60-58-20-12-14-22-62(58)66(3,4)64(60)44-56/h5-13,15-21,23-44H,14,22H2,1-4H3. The van der Waals surface area contributed by atoms with E-state index in [1.165, 1.54) is 78.0 Å². The number of fused-ring (bicyclic) bond motifs is 5. The van der Waals surface area contributed by atoms with E-state index in [-0.39, 0.29) is 10.8 Å². The smallest absolute Gasteiger partial charge is 0.0465 e. The number of hydrogen-bond donors (Lipinski definition) is 0. The lowest BCUT2D eigenvalue weighted by atomic mass is 9.78. The molecule has 2 nitrogen and oxygen atoms in total. The van der Waals surface area contributed by atoms with Crippen molar-refractivity contribution in [3.63, 3.8) is 0 Å². The highest BCUT2D eigenvalue weighted by Gasteiger charge is 2.38. The van der Waals surface area contributed by atoms with E-state index in [0.717, 1.165) is 41.3 Å². The van der Waals surface area contributed by atoms with Crippen molar-refractivity contribution >= 4 is 39.7 Å². The first-order valence-electron chi connectivity index (χ1n) is 24.1. The molecule has 9 aromatic rings. The molecule has 0 heterocycles. The topological polar surface area (TPSA) is 6.48 Å². The van der Waals surface area contributed by atoms with Crippen LogP contribution in [0.3, 0.4) is 0 Å². The number of nitrogens with zero attached hydrogens (tertiary/aromatic N) is 2. The average Bonchev–Trinajstić information content (AvgIpc) is 3.76. The van der Waals surface area contributed by atoms with Crippen LogP contribution in [0.15, 0.2) is 236 Å². The molecule has 9 aromatic carbocycles. The molecule has 0 bridgehead atoms. The largest absolute Gasteiger partial charge is 0.310 e. The normalized spacial score (nSPS) is 14.8. The van der Waals surface area contributed by atoms with Gasteiger partial charge in [-0.05, 0) is 158 Å². The second-order valence-electron chi connectivity index (χ2n) is 19.7. The molecule has 0 saturated carbocycles. The van der Waals surface area contributed by atoms with E-state index in [9.17, 15) is 0 Å². The quantitative estimate of drug-likeness (QED) is 0.143. The van der Waals surface area contributed by atoms with Crippen LogP contribution in [0.1, 0.15) is 62.8 Å². The Hall–Kier alpha value is -7.94. The van der Waals surface area contributed by atoms with Crippen molar-refractivity contribution in [1.82, 2.24) is 0 Å². The summed E-state index contributed by atoms with van der Waals surface area (Å²) in [4.78, 5) is 4.82. The minimum Gasteiger partial charge on any atom is -0.310 e. The number of allylic oxidation sites excluding steroid dienone is 4. The van der Waals surface area contributed by atoms with Gasteiger partial charge < -0.3 is 9.80 Å². The van der Waals surface area contributed by atoms with Gasteiger partial charge in [0.15, 0.2) is 0 Å². The fraction of sp³-hybridized carbons (Fsp3) is 0.121. The van der Waals surface area contributed by atoms with Gasteiger partial charge in [-0.1, -0.05) is 191 Å². The Bertz CT molecular complexity index is 3390. The Morgan fingerprint density at radius 1 is 0.324 bits per heavy atom. The average molecular weight is 875 g/mol. The first-order chi connectivity index (χ1) is 33.2. The van der Waals surface area contributed by atoms with Crippen molar-refractivity contribution in [2.24, 2.45) is 0 Å². The summed E-state index contributed by atoms with van der Waals surface area (Å²) in [5, 5.41) is 0. The van der Waals surface area contributed by atoms with Crippen molar-refractivity contribution in [2.75, 3.05) is 9.80 Å². The van der Waals surface area contributed by atoms with Gasteiger partial charge in [0, 0.05) is 45.0 Å². The molecule has 0 aliphatic heterocycles. The molecule has 3 aliphatic carbocycles. The highest BCUT2D eigenvalue weighted by atomic mass is 15.1. The van der Waals surface area contributed by atoms with Crippen molar-refractivity contribution in [3.05, 3.63) is 258 Å². The minimum absolute atomic E-state index is 0.0194. The SMILES string of the molecule is CC1(C)C2=C(C=CCC2)c2ccc(N(c3ccc(-c4ccccc4)cc3)c3ccc(-c4ccc(N(c5ccc(-c6ccccc6)cc5)c5ccc6c(c5)C(C)(C)c5ccccc5-6)cc4)cc3)cc21. The van der Waals surface area contributed by atoms with Crippen LogP contribution < -0.4 is 9.80 Å². The van der Waals surface area contributed by atoms with Crippen molar-refractivity contribution in [3.8, 4) is 44.5 Å². The maximum atomic E-state index is 2.45. The molecule has 0 aromatic heterocycles. The van der Waals surface area contributed by atoms with E-state index in [4.69, 9.17) is 0 Å². The number of benzene rings is 9. The van der Waals surface area contributed by atoms with Crippen LogP contribution in [0.4, 0.5) is 34.1 Å². The van der Waals surface area contributed by atoms with Gasteiger partial charge in [-0.15, -0.1) is 0 Å². The van der Waals surface area contributed by atoms with Gasteiger partial charge in [-0.3, -0.25) is 0 Å². The summed E-state index contributed by atoms with van der Waals surface area (Å²) in [6, 6.07) is 80.5. The van der Waals surface area contributed by atoms with Crippen LogP contribution >= 0.6 is 0 Å². The molecule has 12 rings (SSSR count). The van der Waals surface area contributed by atoms with Gasteiger partial charge in [-0.2, -0.15) is 0 Å². The molecule has 2 heteroatoms. The molecule has 328 valence electrons. The lowest BCUT2D eigenvalue weighted by molar-refractivity contribution is 0.607. The molecular formula is C66H54N2. The Balaban J connectivity index is 0.895. The number of rotatable bonds is 9. The summed E-state index contributed by atoms with van der Waals surface area (Å²) in [5.74, 6) is 0. The Morgan fingerprint density at radius 2 is 0.691 bits per heavy atom. The molecule has 0 spiro atoms. The predicted molar refractivity (Wildman–Crippen MR) is 288 cm³/mol. The molecule has 0 fully saturated rings. The maximum Gasteiger partial charge on any atom is 0.0465 e.